The molecule has 0 aliphatic heterocycles. The molecule has 1 aliphatic carbocycles. The summed E-state index contributed by atoms with van der Waals surface area (Å²) in [7, 11) is 1.90. The third-order valence-corrected chi connectivity index (χ3v) is 3.36. The van der Waals surface area contributed by atoms with Gasteiger partial charge in [0.05, 0.1) is 12.6 Å². The number of nitrogens with zero attached hydrogens (tertiary/aromatic N) is 1. The van der Waals surface area contributed by atoms with Crippen LogP contribution in [0.5, 0.6) is 0 Å². The molecule has 5 nitrogen and oxygen atoms in total. The Morgan fingerprint density at radius 3 is 2.74 bits per heavy atom. The van der Waals surface area contributed by atoms with E-state index in [0.717, 1.165) is 24.4 Å². The monoisotopic (exact) mass is 265 g/mol. The van der Waals surface area contributed by atoms with Crippen molar-refractivity contribution in [2.75, 3.05) is 13.6 Å². The number of hydrogen-bond donors (Lipinski definition) is 2. The number of carbonyl (C=O) groups is 1. The first kappa shape index (κ1) is 14.1. The van der Waals surface area contributed by atoms with Crippen molar-refractivity contribution in [1.82, 2.24) is 10.2 Å². The van der Waals surface area contributed by atoms with E-state index in [4.69, 9.17) is 10.2 Å². The minimum absolute atomic E-state index is 0.0546. The quantitative estimate of drug-likeness (QED) is 0.810. The molecule has 19 heavy (non-hydrogen) atoms. The molecular weight excluding hydrogens is 242 g/mol. The lowest BCUT2D eigenvalue weighted by molar-refractivity contribution is -0.122. The van der Waals surface area contributed by atoms with E-state index in [1.54, 1.807) is 0 Å². The number of likely N-dealkylation sites (N-methyl/N-ethyl adjacent to an activating group) is 1. The third-order valence-electron chi connectivity index (χ3n) is 3.36. The van der Waals surface area contributed by atoms with Crippen molar-refractivity contribution in [3.8, 4) is 0 Å². The van der Waals surface area contributed by atoms with E-state index in [0.29, 0.717) is 12.6 Å². The number of hydrogen-bond acceptors (Lipinski definition) is 4. The Balaban J connectivity index is 1.99. The lowest BCUT2D eigenvalue weighted by atomic mass is 10.1. The van der Waals surface area contributed by atoms with Crippen LogP contribution in [-0.2, 0) is 4.79 Å². The van der Waals surface area contributed by atoms with Gasteiger partial charge in [-0.15, -0.1) is 0 Å². The average Bonchev–Trinajstić information content (AvgIpc) is 3.00. The summed E-state index contributed by atoms with van der Waals surface area (Å²) in [6.07, 6.45) is 2.20. The van der Waals surface area contributed by atoms with Gasteiger partial charge >= 0.3 is 0 Å². The zero-order valence-electron chi connectivity index (χ0n) is 11.8. The van der Waals surface area contributed by atoms with Crippen molar-refractivity contribution >= 4 is 5.91 Å². The zero-order chi connectivity index (χ0) is 14.0. The lowest BCUT2D eigenvalue weighted by Gasteiger charge is -2.28. The molecule has 0 saturated heterocycles. The molecule has 3 N–H and O–H groups in total. The van der Waals surface area contributed by atoms with Crippen molar-refractivity contribution < 1.29 is 9.21 Å². The average molecular weight is 265 g/mol. The normalized spacial score (nSPS) is 18.4. The Bertz CT molecular complexity index is 438. The second-order valence-corrected chi connectivity index (χ2v) is 5.51. The second kappa shape index (κ2) is 5.75. The van der Waals surface area contributed by atoms with Crippen LogP contribution in [0.3, 0.4) is 0 Å². The van der Waals surface area contributed by atoms with Gasteiger partial charge in [-0.3, -0.25) is 9.69 Å². The minimum Gasteiger partial charge on any atom is -0.465 e. The standard InChI is InChI=1S/C14H23N3O2/c1-9-4-7-12(19-9)14(10(2)15)17(3)8-13(18)16-11-5-6-11/h4,7,10-11,14H,5-6,8,15H2,1-3H3,(H,16,18). The Morgan fingerprint density at radius 2 is 2.26 bits per heavy atom. The lowest BCUT2D eigenvalue weighted by Crippen LogP contribution is -2.43. The van der Waals surface area contributed by atoms with Crippen LogP contribution in [0.4, 0.5) is 0 Å². The van der Waals surface area contributed by atoms with Crippen LogP contribution < -0.4 is 11.1 Å². The maximum Gasteiger partial charge on any atom is 0.234 e. The van der Waals surface area contributed by atoms with Gasteiger partial charge in [0.25, 0.3) is 0 Å². The number of aryl methyl sites for hydroxylation is 1. The van der Waals surface area contributed by atoms with Gasteiger partial charge in [-0.25, -0.2) is 0 Å². The maximum atomic E-state index is 11.8. The van der Waals surface area contributed by atoms with E-state index >= 15 is 0 Å². The number of nitrogens with two attached hydrogens (primary N) is 1. The van der Waals surface area contributed by atoms with Gasteiger partial charge in [-0.05, 0) is 45.9 Å². The van der Waals surface area contributed by atoms with Crippen LogP contribution in [0.25, 0.3) is 0 Å². The van der Waals surface area contributed by atoms with E-state index < -0.39 is 0 Å². The fourth-order valence-electron chi connectivity index (χ4n) is 2.32. The number of carbonyl (C=O) groups excluding carboxylic acids is 1. The predicted octanol–water partition coefficient (Wildman–Crippen LogP) is 1.19. The number of nitrogens with one attached hydrogen (secondary N) is 1. The molecule has 2 rings (SSSR count). The topological polar surface area (TPSA) is 71.5 Å². The maximum absolute atomic E-state index is 11.8. The number of rotatable bonds is 6. The van der Waals surface area contributed by atoms with Crippen molar-refractivity contribution in [2.24, 2.45) is 5.73 Å². The van der Waals surface area contributed by atoms with Gasteiger partial charge in [0.1, 0.15) is 11.5 Å². The van der Waals surface area contributed by atoms with E-state index in [-0.39, 0.29) is 18.0 Å². The summed E-state index contributed by atoms with van der Waals surface area (Å²) in [6.45, 7) is 4.17. The van der Waals surface area contributed by atoms with Gasteiger partial charge in [-0.2, -0.15) is 0 Å². The van der Waals surface area contributed by atoms with Crippen molar-refractivity contribution in [3.63, 3.8) is 0 Å². The fourth-order valence-corrected chi connectivity index (χ4v) is 2.32. The molecule has 1 aromatic heterocycles. The van der Waals surface area contributed by atoms with Crippen molar-refractivity contribution in [2.45, 2.75) is 44.8 Å². The van der Waals surface area contributed by atoms with Gasteiger partial charge < -0.3 is 15.5 Å². The van der Waals surface area contributed by atoms with Crippen LogP contribution in [0, 0.1) is 6.92 Å². The van der Waals surface area contributed by atoms with E-state index in [9.17, 15) is 4.79 Å². The molecule has 0 bridgehead atoms. The van der Waals surface area contributed by atoms with Crippen LogP contribution >= 0.6 is 0 Å². The Morgan fingerprint density at radius 1 is 1.58 bits per heavy atom. The summed E-state index contributed by atoms with van der Waals surface area (Å²) >= 11 is 0. The smallest absolute Gasteiger partial charge is 0.234 e. The first-order chi connectivity index (χ1) is 8.97. The molecule has 2 atom stereocenters. The van der Waals surface area contributed by atoms with Crippen molar-refractivity contribution in [1.29, 1.82) is 0 Å². The minimum atomic E-state index is -0.107. The molecular formula is C14H23N3O2. The highest BCUT2D eigenvalue weighted by atomic mass is 16.3. The Labute approximate surface area is 114 Å². The largest absolute Gasteiger partial charge is 0.465 e. The van der Waals surface area contributed by atoms with Crippen LogP contribution in [-0.4, -0.2) is 36.5 Å². The van der Waals surface area contributed by atoms with E-state index in [1.807, 2.05) is 37.9 Å². The molecule has 1 amide bonds. The number of furan rings is 1. The molecule has 106 valence electrons. The zero-order valence-corrected chi connectivity index (χ0v) is 11.8. The molecule has 5 heteroatoms. The van der Waals surface area contributed by atoms with Gasteiger partial charge in [0, 0.05) is 12.1 Å². The summed E-state index contributed by atoms with van der Waals surface area (Å²) in [6, 6.07) is 4.05. The summed E-state index contributed by atoms with van der Waals surface area (Å²) in [5.41, 5.74) is 6.03. The van der Waals surface area contributed by atoms with Crippen LogP contribution in [0.2, 0.25) is 0 Å². The highest BCUT2D eigenvalue weighted by Crippen LogP contribution is 2.24. The molecule has 0 aromatic carbocycles. The molecule has 1 fully saturated rings. The second-order valence-electron chi connectivity index (χ2n) is 5.51. The first-order valence-corrected chi connectivity index (χ1v) is 6.79. The van der Waals surface area contributed by atoms with Crippen LogP contribution in [0.15, 0.2) is 16.5 Å². The molecule has 1 heterocycles. The highest BCUT2D eigenvalue weighted by Gasteiger charge is 2.28. The van der Waals surface area contributed by atoms with Gasteiger partial charge in [0.15, 0.2) is 0 Å². The molecule has 2 unspecified atom stereocenters. The van der Waals surface area contributed by atoms with Gasteiger partial charge in [-0.1, -0.05) is 0 Å². The molecule has 0 radical (unpaired) electrons. The van der Waals surface area contributed by atoms with E-state index in [1.165, 1.54) is 0 Å². The molecule has 1 saturated carbocycles. The van der Waals surface area contributed by atoms with Crippen LogP contribution in [0.1, 0.15) is 37.3 Å². The number of amides is 1. The molecule has 1 aliphatic rings. The molecule has 1 aromatic rings. The van der Waals surface area contributed by atoms with E-state index in [2.05, 4.69) is 5.32 Å². The summed E-state index contributed by atoms with van der Waals surface area (Å²) < 4.78 is 5.65. The van der Waals surface area contributed by atoms with Gasteiger partial charge in [0.2, 0.25) is 5.91 Å². The summed E-state index contributed by atoms with van der Waals surface area (Å²) in [4.78, 5) is 13.8. The molecule has 0 spiro atoms. The van der Waals surface area contributed by atoms with Crippen molar-refractivity contribution in [3.05, 3.63) is 23.7 Å². The first-order valence-electron chi connectivity index (χ1n) is 6.79. The fraction of sp³-hybridized carbons (Fsp3) is 0.643. The Kier molecular flexibility index (Phi) is 4.27. The highest BCUT2D eigenvalue weighted by molar-refractivity contribution is 5.78. The summed E-state index contributed by atoms with van der Waals surface area (Å²) in [5.74, 6) is 1.73. The third kappa shape index (κ3) is 3.81. The Hall–Kier alpha value is -1.33. The predicted molar refractivity (Wildman–Crippen MR) is 73.6 cm³/mol. The summed E-state index contributed by atoms with van der Waals surface area (Å²) in [5, 5.41) is 2.98. The SMILES string of the molecule is Cc1ccc(C(C(C)N)N(C)CC(=O)NC2CC2)o1.